The summed E-state index contributed by atoms with van der Waals surface area (Å²) in [7, 11) is 3.84. The molecule has 0 saturated heterocycles. The quantitative estimate of drug-likeness (QED) is 0.311. The minimum absolute atomic E-state index is 0.00925. The van der Waals surface area contributed by atoms with Crippen LogP contribution in [0.4, 0.5) is 18.9 Å². The van der Waals surface area contributed by atoms with Crippen LogP contribution in [-0.4, -0.2) is 46.6 Å². The number of anilines is 1. The summed E-state index contributed by atoms with van der Waals surface area (Å²) >= 11 is 5.71. The van der Waals surface area contributed by atoms with E-state index in [0.717, 1.165) is 31.2 Å². The van der Waals surface area contributed by atoms with E-state index in [1.165, 1.54) is 6.07 Å². The van der Waals surface area contributed by atoms with Crippen LogP contribution < -0.4 is 5.06 Å². The first kappa shape index (κ1) is 21.1. The third-order valence-corrected chi connectivity index (χ3v) is 4.63. The van der Waals surface area contributed by atoms with Gasteiger partial charge in [-0.25, -0.2) is 23.2 Å². The summed E-state index contributed by atoms with van der Waals surface area (Å²) in [5, 5.41) is 18.8. The number of amidine groups is 1. The van der Waals surface area contributed by atoms with Gasteiger partial charge in [0, 0.05) is 12.0 Å². The maximum atomic E-state index is 14.3. The number of H-pyrrole nitrogens is 1. The highest BCUT2D eigenvalue weighted by atomic mass is 35.5. The van der Waals surface area contributed by atoms with Gasteiger partial charge in [0.25, 0.3) is 0 Å². The van der Waals surface area contributed by atoms with Gasteiger partial charge in [-0.05, 0) is 51.3 Å². The molecule has 0 saturated carbocycles. The number of benzene rings is 2. The van der Waals surface area contributed by atoms with Gasteiger partial charge >= 0.3 is 0 Å². The number of hydrogen-bond donors (Lipinski definition) is 3. The minimum atomic E-state index is -1.20. The van der Waals surface area contributed by atoms with Crippen molar-refractivity contribution < 1.29 is 18.4 Å². The standard InChI is InChI=1S/C19H19ClF3N5O/c1-27(2)7-3-4-15-25-17-11(9-14(22)16(23)18(17)26-15)19(24)28(29)10-5-6-13(21)12(20)8-10/h5-6,8-9,24,29H,3-4,7H2,1-2H3,(H,25,26). The van der Waals surface area contributed by atoms with Gasteiger partial charge in [-0.1, -0.05) is 11.6 Å². The van der Waals surface area contributed by atoms with Gasteiger partial charge in [0.2, 0.25) is 0 Å². The number of hydroxylamine groups is 1. The summed E-state index contributed by atoms with van der Waals surface area (Å²) in [5.74, 6) is -3.15. The third-order valence-electron chi connectivity index (χ3n) is 4.34. The number of aromatic amines is 1. The largest absolute Gasteiger partial charge is 0.341 e. The normalized spacial score (nSPS) is 11.4. The number of aryl methyl sites for hydroxylation is 1. The number of imidazole rings is 1. The van der Waals surface area contributed by atoms with Crippen molar-refractivity contribution in [2.45, 2.75) is 12.8 Å². The Morgan fingerprint density at radius 1 is 1.21 bits per heavy atom. The summed E-state index contributed by atoms with van der Waals surface area (Å²) in [6.07, 6.45) is 1.24. The fraction of sp³-hybridized carbons (Fsp3) is 0.263. The molecule has 0 bridgehead atoms. The number of halogens is 4. The van der Waals surface area contributed by atoms with Crippen LogP contribution in [0.15, 0.2) is 24.3 Å². The van der Waals surface area contributed by atoms with Gasteiger partial charge in [-0.2, -0.15) is 0 Å². The second-order valence-corrected chi connectivity index (χ2v) is 7.20. The molecule has 3 N–H and O–H groups in total. The van der Waals surface area contributed by atoms with Crippen LogP contribution in [0.1, 0.15) is 17.8 Å². The zero-order chi connectivity index (χ0) is 21.3. The molecule has 0 atom stereocenters. The van der Waals surface area contributed by atoms with Crippen molar-refractivity contribution in [3.63, 3.8) is 0 Å². The first-order chi connectivity index (χ1) is 13.7. The molecule has 3 rings (SSSR count). The molecule has 1 aromatic heterocycles. The molecule has 0 amide bonds. The average Bonchev–Trinajstić information content (AvgIpc) is 3.10. The van der Waals surface area contributed by atoms with Crippen molar-refractivity contribution in [1.82, 2.24) is 14.9 Å². The molecule has 10 heteroatoms. The molecule has 1 heterocycles. The molecule has 3 aromatic rings. The monoisotopic (exact) mass is 425 g/mol. The first-order valence-electron chi connectivity index (χ1n) is 8.73. The van der Waals surface area contributed by atoms with Crippen molar-refractivity contribution >= 4 is 34.2 Å². The van der Waals surface area contributed by atoms with Crippen LogP contribution in [0.3, 0.4) is 0 Å². The molecule has 0 aliphatic heterocycles. The molecule has 29 heavy (non-hydrogen) atoms. The average molecular weight is 426 g/mol. The third kappa shape index (κ3) is 4.36. The number of nitrogens with one attached hydrogen (secondary N) is 2. The molecule has 0 fully saturated rings. The Kier molecular flexibility index (Phi) is 6.11. The van der Waals surface area contributed by atoms with Crippen molar-refractivity contribution in [3.8, 4) is 0 Å². The molecular weight excluding hydrogens is 407 g/mol. The molecule has 0 radical (unpaired) electrons. The van der Waals surface area contributed by atoms with Gasteiger partial charge < -0.3 is 9.88 Å². The van der Waals surface area contributed by atoms with Crippen LogP contribution in [-0.2, 0) is 6.42 Å². The van der Waals surface area contributed by atoms with Gasteiger partial charge in [0.05, 0.1) is 16.2 Å². The molecule has 0 unspecified atom stereocenters. The van der Waals surface area contributed by atoms with Crippen LogP contribution in [0.2, 0.25) is 5.02 Å². The molecule has 0 spiro atoms. The SMILES string of the molecule is CN(C)CCCc1nc2c(F)c(F)cc(C(=N)N(O)c3ccc(F)c(Cl)c3)c2[nH]1. The highest BCUT2D eigenvalue weighted by Crippen LogP contribution is 2.27. The summed E-state index contributed by atoms with van der Waals surface area (Å²) in [6.45, 7) is 0.784. The smallest absolute Gasteiger partial charge is 0.186 e. The maximum Gasteiger partial charge on any atom is 0.186 e. The Morgan fingerprint density at radius 3 is 2.59 bits per heavy atom. The van der Waals surface area contributed by atoms with E-state index in [-0.39, 0.29) is 27.3 Å². The van der Waals surface area contributed by atoms with Crippen molar-refractivity contribution in [3.05, 3.63) is 58.1 Å². The number of nitrogens with zero attached hydrogens (tertiary/aromatic N) is 3. The van der Waals surface area contributed by atoms with E-state index in [2.05, 4.69) is 9.97 Å². The molecule has 2 aromatic carbocycles. The van der Waals surface area contributed by atoms with Gasteiger partial charge in [-0.15, -0.1) is 0 Å². The maximum absolute atomic E-state index is 14.3. The Balaban J connectivity index is 1.98. The lowest BCUT2D eigenvalue weighted by atomic mass is 10.1. The van der Waals surface area contributed by atoms with Crippen LogP contribution in [0.5, 0.6) is 0 Å². The van der Waals surface area contributed by atoms with Crippen molar-refractivity contribution in [2.24, 2.45) is 0 Å². The van der Waals surface area contributed by atoms with Gasteiger partial charge in [0.1, 0.15) is 17.2 Å². The number of rotatable bonds is 6. The summed E-state index contributed by atoms with van der Waals surface area (Å²) in [4.78, 5) is 9.01. The first-order valence-corrected chi connectivity index (χ1v) is 9.11. The van der Waals surface area contributed by atoms with Crippen LogP contribution >= 0.6 is 11.6 Å². The van der Waals surface area contributed by atoms with E-state index in [4.69, 9.17) is 17.0 Å². The zero-order valence-electron chi connectivity index (χ0n) is 15.7. The molecular formula is C19H19ClF3N5O. The molecule has 154 valence electrons. The predicted molar refractivity (Wildman–Crippen MR) is 105 cm³/mol. The topological polar surface area (TPSA) is 79.2 Å². The Bertz CT molecular complexity index is 1070. The van der Waals surface area contributed by atoms with E-state index in [0.29, 0.717) is 17.3 Å². The number of aromatic nitrogens is 2. The van der Waals surface area contributed by atoms with Crippen molar-refractivity contribution in [2.75, 3.05) is 25.7 Å². The molecule has 0 aliphatic rings. The Hall–Kier alpha value is -2.62. The van der Waals surface area contributed by atoms with E-state index in [9.17, 15) is 18.4 Å². The van der Waals surface area contributed by atoms with E-state index in [1.807, 2.05) is 19.0 Å². The lowest BCUT2D eigenvalue weighted by molar-refractivity contribution is 0.312. The number of fused-ring (bicyclic) bond motifs is 1. The fourth-order valence-corrected chi connectivity index (χ4v) is 3.05. The lowest BCUT2D eigenvalue weighted by Crippen LogP contribution is -2.27. The lowest BCUT2D eigenvalue weighted by Gasteiger charge is -2.18. The zero-order valence-corrected chi connectivity index (χ0v) is 16.5. The van der Waals surface area contributed by atoms with Crippen molar-refractivity contribution in [1.29, 1.82) is 5.41 Å². The summed E-state index contributed by atoms with van der Waals surface area (Å²) in [5.41, 5.74) is -0.283. The highest BCUT2D eigenvalue weighted by Gasteiger charge is 2.22. The minimum Gasteiger partial charge on any atom is -0.341 e. The highest BCUT2D eigenvalue weighted by molar-refractivity contribution is 6.31. The number of hydrogen-bond acceptors (Lipinski definition) is 4. The van der Waals surface area contributed by atoms with Gasteiger partial charge in [0.15, 0.2) is 17.5 Å². The van der Waals surface area contributed by atoms with E-state index in [1.54, 1.807) is 0 Å². The molecule has 6 nitrogen and oxygen atoms in total. The van der Waals surface area contributed by atoms with Crippen LogP contribution in [0.25, 0.3) is 11.0 Å². The predicted octanol–water partition coefficient (Wildman–Crippen LogP) is 4.35. The summed E-state index contributed by atoms with van der Waals surface area (Å²) in [6, 6.07) is 4.14. The summed E-state index contributed by atoms with van der Waals surface area (Å²) < 4.78 is 41.7. The van der Waals surface area contributed by atoms with Crippen LogP contribution in [0, 0.1) is 22.9 Å². The molecule has 0 aliphatic carbocycles. The Labute approximate surface area is 170 Å². The van der Waals surface area contributed by atoms with E-state index >= 15 is 0 Å². The Morgan fingerprint density at radius 2 is 1.93 bits per heavy atom. The van der Waals surface area contributed by atoms with Gasteiger partial charge in [-0.3, -0.25) is 10.6 Å². The van der Waals surface area contributed by atoms with E-state index < -0.39 is 23.3 Å². The fourth-order valence-electron chi connectivity index (χ4n) is 2.88. The second kappa shape index (κ2) is 8.40. The second-order valence-electron chi connectivity index (χ2n) is 6.79.